The van der Waals surface area contributed by atoms with Gasteiger partial charge in [0.2, 0.25) is 10.0 Å². The minimum absolute atomic E-state index is 0.00907. The number of hydrogen-bond donors (Lipinski definition) is 2. The Balaban J connectivity index is 2.21. The van der Waals surface area contributed by atoms with Crippen LogP contribution in [0.15, 0.2) is 33.6 Å². The second-order valence-electron chi connectivity index (χ2n) is 3.87. The summed E-state index contributed by atoms with van der Waals surface area (Å²) in [5, 5.41) is 8.56. The third-order valence-corrected chi connectivity index (χ3v) is 6.13. The molecular formula is C11H9BrCl2N2O2S2. The van der Waals surface area contributed by atoms with E-state index < -0.39 is 10.0 Å². The molecule has 4 nitrogen and oxygen atoms in total. The van der Waals surface area contributed by atoms with Crippen molar-refractivity contribution in [2.45, 2.75) is 11.4 Å². The molecule has 3 N–H and O–H groups in total. The van der Waals surface area contributed by atoms with Crippen molar-refractivity contribution in [1.82, 2.24) is 0 Å². The van der Waals surface area contributed by atoms with Gasteiger partial charge in [-0.15, -0.1) is 11.3 Å². The summed E-state index contributed by atoms with van der Waals surface area (Å²) in [7, 11) is -3.75. The van der Waals surface area contributed by atoms with E-state index in [-0.39, 0.29) is 4.90 Å². The van der Waals surface area contributed by atoms with Crippen LogP contribution in [0.5, 0.6) is 0 Å². The predicted molar refractivity (Wildman–Crippen MR) is 87.2 cm³/mol. The predicted octanol–water partition coefficient (Wildman–Crippen LogP) is 4.08. The van der Waals surface area contributed by atoms with Gasteiger partial charge in [-0.25, -0.2) is 13.6 Å². The molecule has 0 spiro atoms. The Morgan fingerprint density at radius 2 is 2.00 bits per heavy atom. The summed E-state index contributed by atoms with van der Waals surface area (Å²) >= 11 is 16.7. The van der Waals surface area contributed by atoms with E-state index in [0.29, 0.717) is 21.6 Å². The molecule has 0 fully saturated rings. The maximum absolute atomic E-state index is 11.3. The summed E-state index contributed by atoms with van der Waals surface area (Å²) in [5.41, 5.74) is 0.499. The van der Waals surface area contributed by atoms with Crippen molar-refractivity contribution >= 4 is 66.2 Å². The molecule has 0 amide bonds. The summed E-state index contributed by atoms with van der Waals surface area (Å²) in [4.78, 5) is 0.994. The maximum atomic E-state index is 11.3. The minimum atomic E-state index is -3.75. The van der Waals surface area contributed by atoms with Crippen molar-refractivity contribution in [1.29, 1.82) is 0 Å². The number of sulfonamides is 1. The standard InChI is InChI=1S/C11H9BrCl2N2O2S2/c12-8-3-6(19-11(8)14)5-16-10-4-7(20(15,17)18)1-2-9(10)13/h1-4,16H,5H2,(H2,15,17,18). The number of anilines is 1. The molecule has 108 valence electrons. The Hall–Kier alpha value is -0.310. The largest absolute Gasteiger partial charge is 0.379 e. The molecule has 0 aliphatic carbocycles. The lowest BCUT2D eigenvalue weighted by molar-refractivity contribution is 0.598. The number of benzene rings is 1. The highest BCUT2D eigenvalue weighted by molar-refractivity contribution is 9.10. The van der Waals surface area contributed by atoms with Gasteiger partial charge in [0.05, 0.1) is 15.6 Å². The van der Waals surface area contributed by atoms with Crippen LogP contribution < -0.4 is 10.5 Å². The van der Waals surface area contributed by atoms with Crippen LogP contribution >= 0.6 is 50.5 Å². The summed E-state index contributed by atoms with van der Waals surface area (Å²) in [6.45, 7) is 0.476. The fourth-order valence-corrected chi connectivity index (χ4v) is 3.93. The van der Waals surface area contributed by atoms with Crippen LogP contribution in [0.2, 0.25) is 9.36 Å². The molecule has 0 saturated heterocycles. The molecule has 1 heterocycles. The number of hydrogen-bond acceptors (Lipinski definition) is 4. The Morgan fingerprint density at radius 1 is 1.30 bits per heavy atom. The van der Waals surface area contributed by atoms with E-state index in [1.807, 2.05) is 6.07 Å². The lowest BCUT2D eigenvalue weighted by atomic mass is 10.3. The van der Waals surface area contributed by atoms with E-state index in [4.69, 9.17) is 28.3 Å². The summed E-state index contributed by atoms with van der Waals surface area (Å²) in [6.07, 6.45) is 0. The van der Waals surface area contributed by atoms with E-state index in [0.717, 1.165) is 9.35 Å². The van der Waals surface area contributed by atoms with Gasteiger partial charge in [-0.05, 0) is 40.2 Å². The second-order valence-corrected chi connectivity index (χ2v) is 8.44. The number of halogens is 3. The van der Waals surface area contributed by atoms with Gasteiger partial charge in [0.15, 0.2) is 0 Å². The zero-order valence-electron chi connectivity index (χ0n) is 9.86. The van der Waals surface area contributed by atoms with E-state index in [9.17, 15) is 8.42 Å². The van der Waals surface area contributed by atoms with Crippen LogP contribution in [0.1, 0.15) is 4.88 Å². The van der Waals surface area contributed by atoms with Crippen LogP contribution in [0.4, 0.5) is 5.69 Å². The van der Waals surface area contributed by atoms with Gasteiger partial charge in [-0.3, -0.25) is 0 Å². The van der Waals surface area contributed by atoms with E-state index in [2.05, 4.69) is 21.2 Å². The Bertz CT molecular complexity index is 727. The van der Waals surface area contributed by atoms with Crippen LogP contribution in [-0.2, 0) is 16.6 Å². The molecule has 0 aliphatic rings. The van der Waals surface area contributed by atoms with Crippen molar-refractivity contribution in [3.8, 4) is 0 Å². The zero-order chi connectivity index (χ0) is 14.9. The fraction of sp³-hybridized carbons (Fsp3) is 0.0909. The average molecular weight is 416 g/mol. The van der Waals surface area contributed by atoms with Crippen molar-refractivity contribution < 1.29 is 8.42 Å². The van der Waals surface area contributed by atoms with Gasteiger partial charge in [0.1, 0.15) is 4.34 Å². The molecule has 0 unspecified atom stereocenters. The quantitative estimate of drug-likeness (QED) is 0.790. The fourth-order valence-electron chi connectivity index (χ4n) is 1.48. The van der Waals surface area contributed by atoms with Gasteiger partial charge >= 0.3 is 0 Å². The number of primary sulfonamides is 1. The van der Waals surface area contributed by atoms with Crippen LogP contribution in [-0.4, -0.2) is 8.42 Å². The first-order valence-corrected chi connectivity index (χ1v) is 9.18. The molecule has 0 atom stereocenters. The molecule has 2 aromatic rings. The number of rotatable bonds is 4. The lowest BCUT2D eigenvalue weighted by Crippen LogP contribution is -2.12. The molecule has 1 aromatic carbocycles. The first-order chi connectivity index (χ1) is 9.27. The van der Waals surface area contributed by atoms with Gasteiger partial charge in [0.25, 0.3) is 0 Å². The smallest absolute Gasteiger partial charge is 0.238 e. The van der Waals surface area contributed by atoms with Gasteiger partial charge in [-0.2, -0.15) is 0 Å². The summed E-state index contributed by atoms with van der Waals surface area (Å²) in [6, 6.07) is 6.14. The monoisotopic (exact) mass is 414 g/mol. The Morgan fingerprint density at radius 3 is 2.55 bits per heavy atom. The molecule has 0 saturated carbocycles. The van der Waals surface area contributed by atoms with Gasteiger partial charge < -0.3 is 5.32 Å². The number of nitrogens with two attached hydrogens (primary N) is 1. The molecule has 0 aliphatic heterocycles. The molecule has 0 bridgehead atoms. The topological polar surface area (TPSA) is 72.2 Å². The third-order valence-electron chi connectivity index (χ3n) is 2.42. The molecule has 0 radical (unpaired) electrons. The van der Waals surface area contributed by atoms with Crippen molar-refractivity contribution in [2.24, 2.45) is 5.14 Å². The Kier molecular flexibility index (Phi) is 4.99. The zero-order valence-corrected chi connectivity index (χ0v) is 14.6. The minimum Gasteiger partial charge on any atom is -0.379 e. The highest BCUT2D eigenvalue weighted by atomic mass is 79.9. The highest BCUT2D eigenvalue weighted by Crippen LogP contribution is 2.33. The normalized spacial score (nSPS) is 11.6. The van der Waals surface area contributed by atoms with Gasteiger partial charge in [-0.1, -0.05) is 23.2 Å². The van der Waals surface area contributed by atoms with E-state index in [1.165, 1.54) is 29.5 Å². The molecule has 2 rings (SSSR count). The van der Waals surface area contributed by atoms with Crippen LogP contribution in [0.3, 0.4) is 0 Å². The Labute approximate surface area is 139 Å². The van der Waals surface area contributed by atoms with Crippen molar-refractivity contribution in [3.63, 3.8) is 0 Å². The second kappa shape index (κ2) is 6.21. The SMILES string of the molecule is NS(=O)(=O)c1ccc(Cl)c(NCc2cc(Br)c(Cl)s2)c1. The van der Waals surface area contributed by atoms with Crippen LogP contribution in [0, 0.1) is 0 Å². The van der Waals surface area contributed by atoms with Crippen LogP contribution in [0.25, 0.3) is 0 Å². The first kappa shape index (κ1) is 16.1. The highest BCUT2D eigenvalue weighted by Gasteiger charge is 2.11. The maximum Gasteiger partial charge on any atom is 0.238 e. The third kappa shape index (κ3) is 3.87. The number of nitrogens with one attached hydrogen (secondary N) is 1. The van der Waals surface area contributed by atoms with Gasteiger partial charge in [0, 0.05) is 15.9 Å². The molecule has 1 aromatic heterocycles. The lowest BCUT2D eigenvalue weighted by Gasteiger charge is -2.08. The van der Waals surface area contributed by atoms with Crippen molar-refractivity contribution in [3.05, 3.63) is 43.0 Å². The molecular weight excluding hydrogens is 407 g/mol. The van der Waals surface area contributed by atoms with Crippen molar-refractivity contribution in [2.75, 3.05) is 5.32 Å². The van der Waals surface area contributed by atoms with E-state index >= 15 is 0 Å². The first-order valence-electron chi connectivity index (χ1n) is 5.27. The number of thiophene rings is 1. The summed E-state index contributed by atoms with van der Waals surface area (Å²) < 4.78 is 24.1. The molecule has 20 heavy (non-hydrogen) atoms. The summed E-state index contributed by atoms with van der Waals surface area (Å²) in [5.74, 6) is 0. The average Bonchev–Trinajstić information content (AvgIpc) is 2.66. The van der Waals surface area contributed by atoms with E-state index in [1.54, 1.807) is 0 Å². The molecule has 9 heteroatoms.